The number of rotatable bonds is 9. The average Bonchev–Trinajstić information content (AvgIpc) is 3.54. The molecule has 6 rings (SSSR count). The third kappa shape index (κ3) is 5.74. The van der Waals surface area contributed by atoms with Gasteiger partial charge in [-0.25, -0.2) is 10.6 Å². The normalized spacial score (nSPS) is 10.9. The molecule has 214 valence electrons. The molecule has 0 spiro atoms. The molecule has 0 saturated carbocycles. The maximum Gasteiger partial charge on any atom is 0.365 e. The van der Waals surface area contributed by atoms with Crippen LogP contribution in [0.15, 0.2) is 114 Å². The van der Waals surface area contributed by atoms with Crippen LogP contribution in [0, 0.1) is 0 Å². The van der Waals surface area contributed by atoms with Crippen LogP contribution in [0.3, 0.4) is 0 Å². The lowest BCUT2D eigenvalue weighted by atomic mass is 9.99. The molecule has 0 aliphatic rings. The summed E-state index contributed by atoms with van der Waals surface area (Å²) in [7, 11) is 0. The van der Waals surface area contributed by atoms with Crippen LogP contribution < -0.4 is 21.5 Å². The van der Waals surface area contributed by atoms with Gasteiger partial charge in [0, 0.05) is 11.1 Å². The zero-order valence-corrected chi connectivity index (χ0v) is 23.4. The summed E-state index contributed by atoms with van der Waals surface area (Å²) in [4.78, 5) is 18.6. The molecule has 0 unspecified atom stereocenters. The van der Waals surface area contributed by atoms with Crippen molar-refractivity contribution < 1.29 is 18.8 Å². The van der Waals surface area contributed by atoms with Crippen LogP contribution in [0.2, 0.25) is 0 Å². The number of nitrogen functional groups attached to an aromatic ring is 1. The number of carbonyl (C=O) groups is 1. The Kier molecular flexibility index (Phi) is 7.71. The minimum Gasteiger partial charge on any atom is -0.494 e. The Balaban J connectivity index is 1.23. The SMILES string of the molecule is CCCOc1ccc(-c2ccc(-c3nnc(-c4ccc(C(=O)ON(N)c5ccccc5N)c5ccccc45)o3)cc2)cc1. The van der Waals surface area contributed by atoms with Crippen molar-refractivity contribution in [3.8, 4) is 39.8 Å². The third-order valence-electron chi connectivity index (χ3n) is 6.95. The van der Waals surface area contributed by atoms with E-state index in [0.29, 0.717) is 46.3 Å². The van der Waals surface area contributed by atoms with E-state index < -0.39 is 5.97 Å². The first-order chi connectivity index (χ1) is 21.0. The summed E-state index contributed by atoms with van der Waals surface area (Å²) in [5.41, 5.74) is 10.7. The van der Waals surface area contributed by atoms with Gasteiger partial charge in [0.15, 0.2) is 0 Å². The minimum absolute atomic E-state index is 0.324. The molecule has 0 atom stereocenters. The van der Waals surface area contributed by atoms with Crippen molar-refractivity contribution in [2.45, 2.75) is 13.3 Å². The summed E-state index contributed by atoms with van der Waals surface area (Å²) >= 11 is 0. The third-order valence-corrected chi connectivity index (χ3v) is 6.95. The Morgan fingerprint density at radius 1 is 0.767 bits per heavy atom. The van der Waals surface area contributed by atoms with Gasteiger partial charge in [-0.05, 0) is 76.9 Å². The lowest BCUT2D eigenvalue weighted by Gasteiger charge is -2.19. The van der Waals surface area contributed by atoms with Crippen LogP contribution in [-0.2, 0) is 4.84 Å². The Bertz CT molecular complexity index is 1880. The van der Waals surface area contributed by atoms with Crippen molar-refractivity contribution in [1.29, 1.82) is 0 Å². The number of benzene rings is 5. The van der Waals surface area contributed by atoms with Gasteiger partial charge in [0.2, 0.25) is 11.8 Å². The maximum atomic E-state index is 13.1. The van der Waals surface area contributed by atoms with Crippen LogP contribution in [0.4, 0.5) is 11.4 Å². The van der Waals surface area contributed by atoms with E-state index in [0.717, 1.165) is 39.4 Å². The summed E-state index contributed by atoms with van der Waals surface area (Å²) in [5.74, 6) is 6.93. The number of aromatic nitrogens is 2. The van der Waals surface area contributed by atoms with E-state index in [1.165, 1.54) is 0 Å². The Hall–Kier alpha value is -5.67. The van der Waals surface area contributed by atoms with Gasteiger partial charge in [0.1, 0.15) is 11.4 Å². The highest BCUT2D eigenvalue weighted by molar-refractivity contribution is 6.08. The van der Waals surface area contributed by atoms with E-state index in [9.17, 15) is 4.79 Å². The zero-order chi connectivity index (χ0) is 29.8. The highest BCUT2D eigenvalue weighted by Gasteiger charge is 2.20. The number of nitrogens with zero attached hydrogens (tertiary/aromatic N) is 3. The minimum atomic E-state index is -0.636. The summed E-state index contributed by atoms with van der Waals surface area (Å²) in [5, 5.41) is 10.9. The molecule has 9 nitrogen and oxygen atoms in total. The van der Waals surface area contributed by atoms with Gasteiger partial charge in [-0.2, -0.15) is 0 Å². The van der Waals surface area contributed by atoms with Crippen LogP contribution in [0.1, 0.15) is 23.7 Å². The molecule has 0 bridgehead atoms. The number of carbonyl (C=O) groups excluding carboxylic acids is 1. The number of anilines is 2. The fraction of sp³-hybridized carbons (Fsp3) is 0.0882. The van der Waals surface area contributed by atoms with Crippen molar-refractivity contribution in [3.63, 3.8) is 0 Å². The highest BCUT2D eigenvalue weighted by atomic mass is 16.7. The zero-order valence-electron chi connectivity index (χ0n) is 23.4. The second kappa shape index (κ2) is 12.1. The van der Waals surface area contributed by atoms with Crippen molar-refractivity contribution in [3.05, 3.63) is 115 Å². The monoisotopic (exact) mass is 571 g/mol. The summed E-state index contributed by atoms with van der Waals surface area (Å²) in [6.45, 7) is 2.78. The van der Waals surface area contributed by atoms with E-state index >= 15 is 0 Å². The number of ether oxygens (including phenoxy) is 1. The topological polar surface area (TPSA) is 130 Å². The molecule has 43 heavy (non-hydrogen) atoms. The van der Waals surface area contributed by atoms with Crippen LogP contribution in [0.25, 0.3) is 44.8 Å². The molecule has 0 aliphatic carbocycles. The van der Waals surface area contributed by atoms with E-state index in [1.54, 1.807) is 36.4 Å². The van der Waals surface area contributed by atoms with Gasteiger partial charge in [-0.3, -0.25) is 0 Å². The van der Waals surface area contributed by atoms with Crippen molar-refractivity contribution in [1.82, 2.24) is 10.2 Å². The van der Waals surface area contributed by atoms with Gasteiger partial charge in [0.05, 0.1) is 17.9 Å². The predicted octanol–water partition coefficient (Wildman–Crippen LogP) is 7.05. The van der Waals surface area contributed by atoms with Crippen molar-refractivity contribution >= 4 is 28.1 Å². The maximum absolute atomic E-state index is 13.1. The predicted molar refractivity (Wildman–Crippen MR) is 167 cm³/mol. The number of para-hydroxylation sites is 2. The number of hydrazine groups is 1. The Morgan fingerprint density at radius 2 is 1.40 bits per heavy atom. The van der Waals surface area contributed by atoms with Crippen LogP contribution in [-0.4, -0.2) is 22.8 Å². The number of fused-ring (bicyclic) bond motifs is 1. The van der Waals surface area contributed by atoms with Gasteiger partial charge < -0.3 is 19.7 Å². The van der Waals surface area contributed by atoms with Crippen LogP contribution >= 0.6 is 0 Å². The fourth-order valence-corrected chi connectivity index (χ4v) is 4.76. The summed E-state index contributed by atoms with van der Waals surface area (Å²) < 4.78 is 11.8. The van der Waals surface area contributed by atoms with Gasteiger partial charge >= 0.3 is 5.97 Å². The fourth-order valence-electron chi connectivity index (χ4n) is 4.76. The van der Waals surface area contributed by atoms with E-state index in [2.05, 4.69) is 17.1 Å². The molecule has 0 radical (unpaired) electrons. The molecule has 4 N–H and O–H groups in total. The van der Waals surface area contributed by atoms with Gasteiger partial charge in [-0.15, -0.1) is 15.4 Å². The molecule has 0 amide bonds. The largest absolute Gasteiger partial charge is 0.494 e. The van der Waals surface area contributed by atoms with Gasteiger partial charge in [-0.1, -0.05) is 67.6 Å². The summed E-state index contributed by atoms with van der Waals surface area (Å²) in [6, 6.07) is 33.6. The Morgan fingerprint density at radius 3 is 2.12 bits per heavy atom. The van der Waals surface area contributed by atoms with Crippen LogP contribution in [0.5, 0.6) is 5.75 Å². The molecule has 0 fully saturated rings. The highest BCUT2D eigenvalue weighted by Crippen LogP contribution is 2.33. The van der Waals surface area contributed by atoms with Crippen molar-refractivity contribution in [2.24, 2.45) is 5.84 Å². The molecule has 1 aromatic heterocycles. The molecule has 6 aromatic rings. The molecule has 5 aromatic carbocycles. The standard InChI is InChI=1S/C34H29N5O4/c1-2-21-41-25-17-15-23(16-18-25)22-11-13-24(14-12-22)32-37-38-33(42-32)28-19-20-29(27-8-4-3-7-26(27)28)34(40)43-39(36)31-10-6-5-9-30(31)35/h3-20H,2,21,35-36H2,1H3. The Labute approximate surface area is 248 Å². The summed E-state index contributed by atoms with van der Waals surface area (Å²) in [6.07, 6.45) is 0.968. The van der Waals surface area contributed by atoms with E-state index in [-0.39, 0.29) is 0 Å². The number of hydrogen-bond acceptors (Lipinski definition) is 9. The molecule has 0 aliphatic heterocycles. The second-order valence-electron chi connectivity index (χ2n) is 9.83. The second-order valence-corrected chi connectivity index (χ2v) is 9.83. The van der Waals surface area contributed by atoms with E-state index in [4.69, 9.17) is 25.6 Å². The lowest BCUT2D eigenvalue weighted by Crippen LogP contribution is -2.34. The molecular weight excluding hydrogens is 542 g/mol. The lowest BCUT2D eigenvalue weighted by molar-refractivity contribution is 0.0453. The van der Waals surface area contributed by atoms with Crippen molar-refractivity contribution in [2.75, 3.05) is 17.5 Å². The molecule has 9 heteroatoms. The first-order valence-electron chi connectivity index (χ1n) is 13.8. The molecule has 0 saturated heterocycles. The quantitative estimate of drug-likeness (QED) is 0.106. The first kappa shape index (κ1) is 27.5. The average molecular weight is 572 g/mol. The van der Waals surface area contributed by atoms with Gasteiger partial charge in [0.25, 0.3) is 0 Å². The smallest absolute Gasteiger partial charge is 0.365 e. The molecular formula is C34H29N5O4. The molecule has 1 heterocycles. The van der Waals surface area contributed by atoms with E-state index in [1.807, 2.05) is 72.8 Å². The number of hydrogen-bond donors (Lipinski definition) is 2. The first-order valence-corrected chi connectivity index (χ1v) is 13.8. The number of nitrogens with two attached hydrogens (primary N) is 2.